The lowest BCUT2D eigenvalue weighted by atomic mass is 9.87. The van der Waals surface area contributed by atoms with Gasteiger partial charge in [-0.05, 0) is 49.1 Å². The van der Waals surface area contributed by atoms with Crippen molar-refractivity contribution in [1.82, 2.24) is 24.3 Å². The van der Waals surface area contributed by atoms with E-state index in [1.807, 2.05) is 32.0 Å². The van der Waals surface area contributed by atoms with E-state index in [0.29, 0.717) is 5.82 Å². The number of benzene rings is 1. The minimum atomic E-state index is -3.68. The van der Waals surface area contributed by atoms with Crippen molar-refractivity contribution in [3.63, 3.8) is 0 Å². The van der Waals surface area contributed by atoms with Gasteiger partial charge in [-0.25, -0.2) is 22.5 Å². The topological polar surface area (TPSA) is 98.9 Å². The van der Waals surface area contributed by atoms with Gasteiger partial charge in [0.1, 0.15) is 0 Å². The molecule has 0 aliphatic rings. The van der Waals surface area contributed by atoms with Crippen molar-refractivity contribution in [2.24, 2.45) is 0 Å². The van der Waals surface area contributed by atoms with Gasteiger partial charge in [-0.1, -0.05) is 32.9 Å². The fraction of sp³-hybridized carbons (Fsp3) is 0.381. The van der Waals surface area contributed by atoms with Crippen LogP contribution in [0.2, 0.25) is 0 Å². The maximum absolute atomic E-state index is 12.6. The van der Waals surface area contributed by atoms with Crippen LogP contribution in [0.4, 0.5) is 0 Å². The highest BCUT2D eigenvalue weighted by Crippen LogP contribution is 2.23. The number of hydrogen-bond acceptors (Lipinski definition) is 5. The second-order valence-corrected chi connectivity index (χ2v) is 10.0. The van der Waals surface area contributed by atoms with E-state index in [0.717, 1.165) is 17.0 Å². The molecule has 2 heterocycles. The lowest BCUT2D eigenvalue weighted by molar-refractivity contribution is 0.541. The zero-order chi connectivity index (χ0) is 22.1. The summed E-state index contributed by atoms with van der Waals surface area (Å²) in [6.07, 6.45) is 0. The Morgan fingerprint density at radius 2 is 1.67 bits per heavy atom. The summed E-state index contributed by atoms with van der Waals surface area (Å²) < 4.78 is 30.6. The van der Waals surface area contributed by atoms with Gasteiger partial charge < -0.3 is 0 Å². The van der Waals surface area contributed by atoms with Crippen molar-refractivity contribution in [1.29, 1.82) is 0 Å². The summed E-state index contributed by atoms with van der Waals surface area (Å²) in [5, 5.41) is 8.68. The second-order valence-electron chi connectivity index (χ2n) is 8.26. The number of aryl methyl sites for hydroxylation is 2. The average Bonchev–Trinajstić information content (AvgIpc) is 3.01. The third-order valence-corrected chi connectivity index (χ3v) is 6.20. The van der Waals surface area contributed by atoms with Gasteiger partial charge in [-0.15, -0.1) is 5.10 Å². The first kappa shape index (κ1) is 21.9. The lowest BCUT2D eigenvalue weighted by Gasteiger charge is -2.19. The van der Waals surface area contributed by atoms with E-state index >= 15 is 0 Å². The summed E-state index contributed by atoms with van der Waals surface area (Å²) in [7, 11) is -3.68. The number of nitrogens with zero attached hydrogens (tertiary/aromatic N) is 4. The summed E-state index contributed by atoms with van der Waals surface area (Å²) in [4.78, 5) is 12.3. The first-order chi connectivity index (χ1) is 14.0. The van der Waals surface area contributed by atoms with E-state index in [1.54, 1.807) is 22.9 Å². The monoisotopic (exact) mass is 429 g/mol. The predicted molar refractivity (Wildman–Crippen MR) is 115 cm³/mol. The van der Waals surface area contributed by atoms with Crippen LogP contribution >= 0.6 is 0 Å². The molecule has 3 aromatic rings. The summed E-state index contributed by atoms with van der Waals surface area (Å²) in [6.45, 7) is 10.1. The van der Waals surface area contributed by atoms with Crippen LogP contribution in [0.1, 0.15) is 37.7 Å². The van der Waals surface area contributed by atoms with Gasteiger partial charge in [0.15, 0.2) is 5.82 Å². The Balaban J connectivity index is 1.72. The molecule has 0 saturated heterocycles. The molecule has 8 nitrogen and oxygen atoms in total. The summed E-state index contributed by atoms with van der Waals surface area (Å²) in [5.74, 6) is 0.501. The highest BCUT2D eigenvalue weighted by Gasteiger charge is 2.17. The van der Waals surface area contributed by atoms with E-state index in [2.05, 4.69) is 35.7 Å². The van der Waals surface area contributed by atoms with E-state index in [4.69, 9.17) is 0 Å². The fourth-order valence-electron chi connectivity index (χ4n) is 3.08. The molecule has 0 unspecified atom stereocenters. The van der Waals surface area contributed by atoms with Crippen molar-refractivity contribution in [3.05, 3.63) is 69.8 Å². The van der Waals surface area contributed by atoms with E-state index < -0.39 is 10.0 Å². The van der Waals surface area contributed by atoms with Crippen molar-refractivity contribution >= 4 is 10.0 Å². The third-order valence-electron chi connectivity index (χ3n) is 4.73. The number of aromatic nitrogens is 4. The molecule has 9 heteroatoms. The van der Waals surface area contributed by atoms with Crippen molar-refractivity contribution in [2.45, 2.75) is 51.5 Å². The van der Waals surface area contributed by atoms with Crippen LogP contribution in [0, 0.1) is 13.8 Å². The van der Waals surface area contributed by atoms with Gasteiger partial charge in [0.2, 0.25) is 10.0 Å². The maximum atomic E-state index is 12.6. The van der Waals surface area contributed by atoms with Crippen LogP contribution in [0.25, 0.3) is 5.82 Å². The average molecular weight is 430 g/mol. The van der Waals surface area contributed by atoms with Gasteiger partial charge >= 0.3 is 0 Å². The van der Waals surface area contributed by atoms with E-state index in [-0.39, 0.29) is 29.0 Å². The Kier molecular flexibility index (Phi) is 5.96. The van der Waals surface area contributed by atoms with Gasteiger partial charge in [0, 0.05) is 18.3 Å². The van der Waals surface area contributed by atoms with Gasteiger partial charge in [0.25, 0.3) is 5.56 Å². The molecule has 3 rings (SSSR count). The molecule has 0 radical (unpaired) electrons. The van der Waals surface area contributed by atoms with E-state index in [1.165, 1.54) is 10.7 Å². The van der Waals surface area contributed by atoms with Crippen molar-refractivity contribution in [2.75, 3.05) is 6.54 Å². The number of hydrogen-bond donors (Lipinski definition) is 1. The van der Waals surface area contributed by atoms with Crippen LogP contribution in [0.5, 0.6) is 0 Å². The lowest BCUT2D eigenvalue weighted by Crippen LogP contribution is -2.32. The highest BCUT2D eigenvalue weighted by atomic mass is 32.2. The molecular weight excluding hydrogens is 402 g/mol. The molecule has 0 aliphatic carbocycles. The molecule has 1 aromatic carbocycles. The Morgan fingerprint density at radius 3 is 2.23 bits per heavy atom. The molecular formula is C21H27N5O3S. The Morgan fingerprint density at radius 1 is 1.00 bits per heavy atom. The molecule has 0 spiro atoms. The summed E-state index contributed by atoms with van der Waals surface area (Å²) in [5.41, 5.74) is 2.42. The number of nitrogens with one attached hydrogen (secondary N) is 1. The minimum absolute atomic E-state index is 0.0385. The van der Waals surface area contributed by atoms with Crippen LogP contribution in [-0.4, -0.2) is 34.5 Å². The van der Waals surface area contributed by atoms with Gasteiger partial charge in [-0.2, -0.15) is 5.10 Å². The van der Waals surface area contributed by atoms with Gasteiger partial charge in [-0.3, -0.25) is 4.79 Å². The maximum Gasteiger partial charge on any atom is 0.266 e. The summed E-state index contributed by atoms with van der Waals surface area (Å²) >= 11 is 0. The highest BCUT2D eigenvalue weighted by molar-refractivity contribution is 7.89. The Labute approximate surface area is 176 Å². The minimum Gasteiger partial charge on any atom is -0.268 e. The molecule has 0 atom stereocenters. The van der Waals surface area contributed by atoms with Crippen LogP contribution in [-0.2, 0) is 22.0 Å². The SMILES string of the molecule is Cc1cc(C)n(-c2ccc(=O)n(CCNS(=O)(=O)c3ccc(C(C)(C)C)cc3)n2)n1. The molecule has 30 heavy (non-hydrogen) atoms. The zero-order valence-corrected chi connectivity index (χ0v) is 18.7. The molecule has 0 aliphatic heterocycles. The normalized spacial score (nSPS) is 12.3. The summed E-state index contributed by atoms with van der Waals surface area (Å²) in [6, 6.07) is 11.7. The Bertz CT molecular complexity index is 1200. The van der Waals surface area contributed by atoms with Crippen molar-refractivity contribution < 1.29 is 8.42 Å². The molecule has 0 fully saturated rings. The third kappa shape index (κ3) is 4.85. The Hall–Kier alpha value is -2.78. The smallest absolute Gasteiger partial charge is 0.266 e. The largest absolute Gasteiger partial charge is 0.268 e. The van der Waals surface area contributed by atoms with Crippen LogP contribution in [0.15, 0.2) is 52.2 Å². The molecule has 0 saturated carbocycles. The standard InChI is InChI=1S/C21H27N5O3S/c1-15-14-16(2)26(23-15)19-10-11-20(27)25(24-19)13-12-22-30(28,29)18-8-6-17(7-9-18)21(3,4)5/h6-11,14,22H,12-13H2,1-5H3. The first-order valence-corrected chi connectivity index (χ1v) is 11.2. The van der Waals surface area contributed by atoms with Crippen LogP contribution < -0.4 is 10.3 Å². The molecule has 160 valence electrons. The molecule has 2 aromatic heterocycles. The molecule has 1 N–H and O–H groups in total. The fourth-order valence-corrected chi connectivity index (χ4v) is 4.10. The quantitative estimate of drug-likeness (QED) is 0.648. The second kappa shape index (κ2) is 8.16. The number of rotatable bonds is 6. The van der Waals surface area contributed by atoms with Crippen molar-refractivity contribution in [3.8, 4) is 5.82 Å². The number of sulfonamides is 1. The first-order valence-electron chi connectivity index (χ1n) is 9.69. The predicted octanol–water partition coefficient (Wildman–Crippen LogP) is 2.32. The molecule has 0 bridgehead atoms. The zero-order valence-electron chi connectivity index (χ0n) is 17.9. The van der Waals surface area contributed by atoms with Gasteiger partial charge in [0.05, 0.1) is 17.1 Å². The van der Waals surface area contributed by atoms with E-state index in [9.17, 15) is 13.2 Å². The molecule has 0 amide bonds. The van der Waals surface area contributed by atoms with Crippen LogP contribution in [0.3, 0.4) is 0 Å².